The number of benzene rings is 2. The van der Waals surface area contributed by atoms with E-state index in [4.69, 9.17) is 11.6 Å². The highest BCUT2D eigenvalue weighted by Gasteiger charge is 2.32. The number of H-pyrrole nitrogens is 1. The predicted molar refractivity (Wildman–Crippen MR) is 127 cm³/mol. The van der Waals surface area contributed by atoms with Gasteiger partial charge < -0.3 is 20.3 Å². The molecular weight excluding hydrogens is 428 g/mol. The van der Waals surface area contributed by atoms with E-state index in [1.165, 1.54) is 0 Å². The first-order chi connectivity index (χ1) is 15.3. The molecule has 1 aliphatic rings. The van der Waals surface area contributed by atoms with Crippen molar-refractivity contribution in [1.82, 2.24) is 9.88 Å². The number of hydrogen-bond acceptors (Lipinski definition) is 4. The van der Waals surface area contributed by atoms with E-state index in [0.29, 0.717) is 23.8 Å². The van der Waals surface area contributed by atoms with Crippen LogP contribution in [0.2, 0.25) is 5.02 Å². The molecule has 0 spiro atoms. The third-order valence-corrected chi connectivity index (χ3v) is 6.16. The van der Waals surface area contributed by atoms with Gasteiger partial charge in [0.15, 0.2) is 0 Å². The lowest BCUT2D eigenvalue weighted by Crippen LogP contribution is -2.49. The highest BCUT2D eigenvalue weighted by molar-refractivity contribution is 6.30. The third-order valence-electron chi connectivity index (χ3n) is 5.91. The monoisotopic (exact) mass is 454 g/mol. The molecule has 0 unspecified atom stereocenters. The van der Waals surface area contributed by atoms with Crippen LogP contribution in [0.4, 0.5) is 11.4 Å². The minimum atomic E-state index is -0.872. The number of aromatic amines is 1. The van der Waals surface area contributed by atoms with Crippen molar-refractivity contribution in [2.75, 3.05) is 36.4 Å². The number of aromatic nitrogens is 1. The number of fused-ring (bicyclic) bond motifs is 1. The zero-order valence-corrected chi connectivity index (χ0v) is 18.9. The second-order valence-corrected chi connectivity index (χ2v) is 8.82. The first kappa shape index (κ1) is 22.2. The van der Waals surface area contributed by atoms with Gasteiger partial charge in [0.2, 0.25) is 5.91 Å². The fourth-order valence-corrected chi connectivity index (χ4v) is 4.24. The number of carboxylic acid groups (broad SMARTS) is 1. The van der Waals surface area contributed by atoms with E-state index in [-0.39, 0.29) is 11.8 Å². The Balaban J connectivity index is 1.52. The number of anilines is 2. The van der Waals surface area contributed by atoms with Crippen molar-refractivity contribution >= 4 is 45.8 Å². The molecular formula is C24H27ClN4O3. The van der Waals surface area contributed by atoms with Crippen molar-refractivity contribution in [2.45, 2.75) is 19.9 Å². The topological polar surface area (TPSA) is 88.7 Å². The van der Waals surface area contributed by atoms with E-state index in [1.54, 1.807) is 6.20 Å². The van der Waals surface area contributed by atoms with E-state index in [1.807, 2.05) is 61.2 Å². The summed E-state index contributed by atoms with van der Waals surface area (Å²) < 4.78 is 0. The van der Waals surface area contributed by atoms with Crippen molar-refractivity contribution in [3.8, 4) is 0 Å². The van der Waals surface area contributed by atoms with Crippen LogP contribution in [0.5, 0.6) is 0 Å². The number of aliphatic carboxylic acids is 1. The highest BCUT2D eigenvalue weighted by Crippen LogP contribution is 2.32. The Morgan fingerprint density at radius 3 is 2.38 bits per heavy atom. The largest absolute Gasteiger partial charge is 0.480 e. The van der Waals surface area contributed by atoms with Crippen molar-refractivity contribution in [3.05, 3.63) is 59.2 Å². The molecule has 168 valence electrons. The summed E-state index contributed by atoms with van der Waals surface area (Å²) in [5.41, 5.74) is 3.30. The molecule has 0 aliphatic carbocycles. The molecule has 0 bridgehead atoms. The summed E-state index contributed by atoms with van der Waals surface area (Å²) >= 11 is 5.99. The molecule has 7 nitrogen and oxygen atoms in total. The van der Waals surface area contributed by atoms with Crippen molar-refractivity contribution < 1.29 is 14.7 Å². The van der Waals surface area contributed by atoms with Crippen LogP contribution in [0.1, 0.15) is 25.5 Å². The van der Waals surface area contributed by atoms with Gasteiger partial charge in [-0.05, 0) is 36.4 Å². The fraction of sp³-hybridized carbons (Fsp3) is 0.333. The number of carbonyl (C=O) groups is 2. The number of rotatable bonds is 6. The molecule has 1 amide bonds. The molecule has 2 aromatic carbocycles. The molecule has 4 rings (SSSR count). The van der Waals surface area contributed by atoms with Crippen LogP contribution in [0.15, 0.2) is 48.7 Å². The zero-order valence-electron chi connectivity index (χ0n) is 18.1. The van der Waals surface area contributed by atoms with Crippen LogP contribution in [0.25, 0.3) is 10.9 Å². The smallest absolute Gasteiger partial charge is 0.325 e. The molecule has 8 heteroatoms. The normalized spacial score (nSPS) is 15.8. The minimum absolute atomic E-state index is 0.0573. The van der Waals surface area contributed by atoms with Gasteiger partial charge in [-0.25, -0.2) is 0 Å². The third kappa shape index (κ3) is 4.59. The average Bonchev–Trinajstić information content (AvgIpc) is 3.17. The molecule has 1 saturated heterocycles. The van der Waals surface area contributed by atoms with Gasteiger partial charge >= 0.3 is 5.97 Å². The summed E-state index contributed by atoms with van der Waals surface area (Å²) in [6.07, 6.45) is 1.77. The van der Waals surface area contributed by atoms with E-state index < -0.39 is 12.0 Å². The van der Waals surface area contributed by atoms with Gasteiger partial charge in [-0.1, -0.05) is 31.5 Å². The van der Waals surface area contributed by atoms with Gasteiger partial charge in [-0.3, -0.25) is 14.5 Å². The Kier molecular flexibility index (Phi) is 6.39. The van der Waals surface area contributed by atoms with Gasteiger partial charge in [0.1, 0.15) is 6.04 Å². The number of piperazine rings is 1. The lowest BCUT2D eigenvalue weighted by atomic mass is 10.0. The number of hydrogen-bond donors (Lipinski definition) is 3. The molecule has 1 aromatic heterocycles. The van der Waals surface area contributed by atoms with E-state index in [9.17, 15) is 14.7 Å². The molecule has 1 aliphatic heterocycles. The van der Waals surface area contributed by atoms with E-state index >= 15 is 0 Å². The van der Waals surface area contributed by atoms with Crippen LogP contribution >= 0.6 is 11.6 Å². The lowest BCUT2D eigenvalue weighted by molar-refractivity contribution is -0.143. The van der Waals surface area contributed by atoms with Crippen LogP contribution < -0.4 is 10.2 Å². The molecule has 0 radical (unpaired) electrons. The number of carbonyl (C=O) groups excluding carboxylic acids is 1. The summed E-state index contributed by atoms with van der Waals surface area (Å²) in [4.78, 5) is 31.7. The van der Waals surface area contributed by atoms with Crippen molar-refractivity contribution in [2.24, 2.45) is 5.92 Å². The Morgan fingerprint density at radius 1 is 1.06 bits per heavy atom. The van der Waals surface area contributed by atoms with Crippen LogP contribution in [-0.2, 0) is 9.59 Å². The first-order valence-electron chi connectivity index (χ1n) is 10.7. The molecule has 3 N–H and O–H groups in total. The van der Waals surface area contributed by atoms with Crippen molar-refractivity contribution in [3.63, 3.8) is 0 Å². The molecule has 1 atom stereocenters. The molecule has 3 aromatic rings. The van der Waals surface area contributed by atoms with Gasteiger partial charge in [0.25, 0.3) is 0 Å². The average molecular weight is 455 g/mol. The molecule has 1 fully saturated rings. The van der Waals surface area contributed by atoms with Crippen LogP contribution in [0, 0.1) is 5.92 Å². The number of nitrogens with one attached hydrogen (secondary N) is 2. The second kappa shape index (κ2) is 9.22. The standard InChI is InChI=1S/C24H27ClN4O3/c1-15(2)23(30)27-17-5-8-19-20(14-26-21(19)13-17)22(24(31)32)29-11-9-28(10-12-29)18-6-3-16(25)4-7-18/h3-8,13-15,22,26H,9-12H2,1-2H3,(H,27,30)(H,31,32)/t22-/m1/s1. The zero-order chi connectivity index (χ0) is 22.8. The van der Waals surface area contributed by atoms with Gasteiger partial charge in [0, 0.05) is 71.2 Å². The maximum Gasteiger partial charge on any atom is 0.325 e. The molecule has 2 heterocycles. The fourth-order valence-electron chi connectivity index (χ4n) is 4.12. The summed E-state index contributed by atoms with van der Waals surface area (Å²) in [7, 11) is 0. The van der Waals surface area contributed by atoms with E-state index in [2.05, 4.69) is 15.2 Å². The van der Waals surface area contributed by atoms with Gasteiger partial charge in [0.05, 0.1) is 0 Å². The molecule has 0 saturated carbocycles. The van der Waals surface area contributed by atoms with Gasteiger partial charge in [-0.15, -0.1) is 0 Å². The second-order valence-electron chi connectivity index (χ2n) is 8.39. The van der Waals surface area contributed by atoms with Crippen LogP contribution in [-0.4, -0.2) is 53.0 Å². The Bertz CT molecular complexity index is 1120. The minimum Gasteiger partial charge on any atom is -0.480 e. The number of carboxylic acids is 1. The summed E-state index contributed by atoms with van der Waals surface area (Å²) in [5.74, 6) is -1.05. The quantitative estimate of drug-likeness (QED) is 0.515. The highest BCUT2D eigenvalue weighted by atomic mass is 35.5. The predicted octanol–water partition coefficient (Wildman–Crippen LogP) is 4.36. The maximum atomic E-state index is 12.3. The van der Waals surface area contributed by atoms with Crippen molar-refractivity contribution in [1.29, 1.82) is 0 Å². The van der Waals surface area contributed by atoms with E-state index in [0.717, 1.165) is 35.2 Å². The maximum absolute atomic E-state index is 12.3. The van der Waals surface area contributed by atoms with Gasteiger partial charge in [-0.2, -0.15) is 0 Å². The number of halogens is 1. The number of nitrogens with zero attached hydrogens (tertiary/aromatic N) is 2. The summed E-state index contributed by atoms with van der Waals surface area (Å²) in [5, 5.41) is 14.5. The molecule has 32 heavy (non-hydrogen) atoms. The SMILES string of the molecule is CC(C)C(=O)Nc1ccc2c([C@H](C(=O)O)N3CCN(c4ccc(Cl)cc4)CC3)c[nH]c2c1. The van der Waals surface area contributed by atoms with Crippen LogP contribution in [0.3, 0.4) is 0 Å². The first-order valence-corrected chi connectivity index (χ1v) is 11.1. The lowest BCUT2D eigenvalue weighted by Gasteiger charge is -2.38. The Morgan fingerprint density at radius 2 is 1.75 bits per heavy atom. The number of amides is 1. The Labute approximate surface area is 192 Å². The summed E-state index contributed by atoms with van der Waals surface area (Å²) in [6.45, 7) is 6.41. The summed E-state index contributed by atoms with van der Waals surface area (Å²) in [6, 6.07) is 12.5. The Hall–Kier alpha value is -3.03.